The number of carbonyl (C=O) groups is 1. The molecule has 0 aliphatic carbocycles. The summed E-state index contributed by atoms with van der Waals surface area (Å²) in [6.45, 7) is 3.76. The SMILES string of the molecule is Cc1ccc(C(=O)N(Cc2nccn2Cc2ccc(C(F)(F)F)cc2)CC2CCCO2)cc1. The summed E-state index contributed by atoms with van der Waals surface area (Å²) in [5, 5.41) is 0. The molecule has 33 heavy (non-hydrogen) atoms. The topological polar surface area (TPSA) is 47.4 Å². The molecule has 1 fully saturated rings. The zero-order chi connectivity index (χ0) is 23.4. The first-order valence-electron chi connectivity index (χ1n) is 10.9. The normalized spacial score (nSPS) is 16.2. The Labute approximate surface area is 190 Å². The standard InChI is InChI=1S/C25H26F3N3O2/c1-18-4-8-20(9-5-18)24(32)31(16-22-3-2-14-33-22)17-23-29-12-13-30(23)15-19-6-10-21(11-7-19)25(26,27)28/h4-13,22H,2-3,14-17H2,1H3. The fraction of sp³-hybridized carbons (Fsp3) is 0.360. The number of nitrogens with zero attached hydrogens (tertiary/aromatic N) is 3. The smallest absolute Gasteiger partial charge is 0.376 e. The van der Waals surface area contributed by atoms with E-state index in [1.807, 2.05) is 35.8 Å². The van der Waals surface area contributed by atoms with E-state index in [-0.39, 0.29) is 18.6 Å². The molecular weight excluding hydrogens is 431 g/mol. The summed E-state index contributed by atoms with van der Waals surface area (Å²) in [4.78, 5) is 19.5. The minimum absolute atomic E-state index is 0.0160. The molecule has 1 aliphatic heterocycles. The number of benzene rings is 2. The van der Waals surface area contributed by atoms with E-state index in [1.54, 1.807) is 17.3 Å². The highest BCUT2D eigenvalue weighted by Gasteiger charge is 2.30. The third-order valence-corrected chi connectivity index (χ3v) is 5.80. The molecule has 3 aromatic rings. The Kier molecular flexibility index (Phi) is 6.83. The highest BCUT2D eigenvalue weighted by Crippen LogP contribution is 2.29. The van der Waals surface area contributed by atoms with Crippen molar-refractivity contribution >= 4 is 5.91 Å². The van der Waals surface area contributed by atoms with Crippen molar-refractivity contribution in [1.29, 1.82) is 0 Å². The molecule has 2 heterocycles. The van der Waals surface area contributed by atoms with Crippen LogP contribution in [0.4, 0.5) is 13.2 Å². The molecular formula is C25H26F3N3O2. The van der Waals surface area contributed by atoms with Crippen LogP contribution in [0.2, 0.25) is 0 Å². The summed E-state index contributed by atoms with van der Waals surface area (Å²) in [6, 6.07) is 12.5. The van der Waals surface area contributed by atoms with Crippen LogP contribution in [0.15, 0.2) is 60.9 Å². The summed E-state index contributed by atoms with van der Waals surface area (Å²) in [5.74, 6) is 0.558. The van der Waals surface area contributed by atoms with Crippen molar-refractivity contribution < 1.29 is 22.7 Å². The highest BCUT2D eigenvalue weighted by molar-refractivity contribution is 5.94. The average Bonchev–Trinajstić information content (AvgIpc) is 3.45. The van der Waals surface area contributed by atoms with E-state index in [4.69, 9.17) is 4.74 Å². The lowest BCUT2D eigenvalue weighted by Gasteiger charge is -2.26. The molecule has 174 valence electrons. The van der Waals surface area contributed by atoms with Gasteiger partial charge < -0.3 is 14.2 Å². The number of hydrogen-bond acceptors (Lipinski definition) is 3. The Morgan fingerprint density at radius 3 is 2.52 bits per heavy atom. The van der Waals surface area contributed by atoms with Gasteiger partial charge in [0.25, 0.3) is 5.91 Å². The fourth-order valence-electron chi connectivity index (χ4n) is 3.93. The van der Waals surface area contributed by atoms with Crippen LogP contribution in [0, 0.1) is 6.92 Å². The maximum atomic E-state index is 13.3. The quantitative estimate of drug-likeness (QED) is 0.497. The number of imidazole rings is 1. The molecule has 0 spiro atoms. The summed E-state index contributed by atoms with van der Waals surface area (Å²) in [6.07, 6.45) is 0.904. The maximum Gasteiger partial charge on any atom is 0.416 e. The van der Waals surface area contributed by atoms with Gasteiger partial charge >= 0.3 is 6.18 Å². The molecule has 1 aromatic heterocycles. The first kappa shape index (κ1) is 23.0. The molecule has 0 saturated carbocycles. The zero-order valence-electron chi connectivity index (χ0n) is 18.4. The molecule has 1 unspecified atom stereocenters. The Hall–Kier alpha value is -3.13. The van der Waals surface area contributed by atoms with Crippen molar-refractivity contribution in [3.05, 3.63) is 89.0 Å². The minimum Gasteiger partial charge on any atom is -0.376 e. The third-order valence-electron chi connectivity index (χ3n) is 5.80. The second kappa shape index (κ2) is 9.79. The van der Waals surface area contributed by atoms with Crippen molar-refractivity contribution in [2.75, 3.05) is 13.2 Å². The van der Waals surface area contributed by atoms with Crippen LogP contribution in [-0.2, 0) is 24.0 Å². The lowest BCUT2D eigenvalue weighted by molar-refractivity contribution is -0.137. The lowest BCUT2D eigenvalue weighted by atomic mass is 10.1. The van der Waals surface area contributed by atoms with Crippen LogP contribution < -0.4 is 0 Å². The summed E-state index contributed by atoms with van der Waals surface area (Å²) in [5.41, 5.74) is 1.71. The number of hydrogen-bond donors (Lipinski definition) is 0. The van der Waals surface area contributed by atoms with E-state index < -0.39 is 11.7 Å². The molecule has 0 N–H and O–H groups in total. The van der Waals surface area contributed by atoms with E-state index in [9.17, 15) is 18.0 Å². The highest BCUT2D eigenvalue weighted by atomic mass is 19.4. The van der Waals surface area contributed by atoms with Gasteiger partial charge in [0, 0.05) is 37.7 Å². The van der Waals surface area contributed by atoms with Gasteiger partial charge in [0.15, 0.2) is 0 Å². The molecule has 5 nitrogen and oxygen atoms in total. The number of carbonyl (C=O) groups excluding carboxylic acids is 1. The van der Waals surface area contributed by atoms with Crippen LogP contribution in [0.1, 0.15) is 45.7 Å². The Morgan fingerprint density at radius 1 is 1.15 bits per heavy atom. The van der Waals surface area contributed by atoms with E-state index in [1.165, 1.54) is 12.1 Å². The van der Waals surface area contributed by atoms with Gasteiger partial charge in [-0.05, 0) is 49.6 Å². The number of alkyl halides is 3. The molecule has 1 atom stereocenters. The number of ether oxygens (including phenoxy) is 1. The number of aryl methyl sites for hydroxylation is 1. The second-order valence-electron chi connectivity index (χ2n) is 8.35. The molecule has 0 radical (unpaired) electrons. The van der Waals surface area contributed by atoms with Crippen LogP contribution in [0.5, 0.6) is 0 Å². The second-order valence-corrected chi connectivity index (χ2v) is 8.35. The van der Waals surface area contributed by atoms with Crippen LogP contribution in [0.3, 0.4) is 0 Å². The minimum atomic E-state index is -4.36. The van der Waals surface area contributed by atoms with Crippen LogP contribution in [-0.4, -0.2) is 39.6 Å². The van der Waals surface area contributed by atoms with Crippen LogP contribution in [0.25, 0.3) is 0 Å². The summed E-state index contributed by atoms with van der Waals surface area (Å²) in [7, 11) is 0. The van der Waals surface area contributed by atoms with Crippen molar-refractivity contribution in [1.82, 2.24) is 14.5 Å². The molecule has 1 saturated heterocycles. The predicted octanol–water partition coefficient (Wildman–Crippen LogP) is 5.08. The summed E-state index contributed by atoms with van der Waals surface area (Å²) < 4.78 is 46.2. The number of amides is 1. The molecule has 8 heteroatoms. The Morgan fingerprint density at radius 2 is 1.88 bits per heavy atom. The molecule has 2 aromatic carbocycles. The third kappa shape index (κ3) is 5.82. The van der Waals surface area contributed by atoms with E-state index in [2.05, 4.69) is 4.98 Å². The van der Waals surface area contributed by atoms with Crippen LogP contribution >= 0.6 is 0 Å². The molecule has 1 amide bonds. The van der Waals surface area contributed by atoms with E-state index in [0.717, 1.165) is 36.1 Å². The van der Waals surface area contributed by atoms with Crippen molar-refractivity contribution in [2.24, 2.45) is 0 Å². The Balaban J connectivity index is 1.52. The number of rotatable bonds is 7. The first-order chi connectivity index (χ1) is 15.8. The van der Waals surface area contributed by atoms with Crippen molar-refractivity contribution in [3.63, 3.8) is 0 Å². The number of halogens is 3. The van der Waals surface area contributed by atoms with Crippen molar-refractivity contribution in [2.45, 2.75) is 45.1 Å². The van der Waals surface area contributed by atoms with Gasteiger partial charge in [0.05, 0.1) is 18.2 Å². The summed E-state index contributed by atoms with van der Waals surface area (Å²) >= 11 is 0. The molecule has 4 rings (SSSR count). The first-order valence-corrected chi connectivity index (χ1v) is 10.9. The average molecular weight is 457 g/mol. The van der Waals surface area contributed by atoms with E-state index >= 15 is 0 Å². The van der Waals surface area contributed by atoms with Gasteiger partial charge in [-0.2, -0.15) is 13.2 Å². The predicted molar refractivity (Wildman–Crippen MR) is 118 cm³/mol. The maximum absolute atomic E-state index is 13.3. The van der Waals surface area contributed by atoms with Gasteiger partial charge in [-0.15, -0.1) is 0 Å². The Bertz CT molecular complexity index is 1070. The molecule has 0 bridgehead atoms. The largest absolute Gasteiger partial charge is 0.416 e. The zero-order valence-corrected chi connectivity index (χ0v) is 18.4. The van der Waals surface area contributed by atoms with Gasteiger partial charge in [-0.1, -0.05) is 29.8 Å². The van der Waals surface area contributed by atoms with Crippen molar-refractivity contribution in [3.8, 4) is 0 Å². The van der Waals surface area contributed by atoms with Gasteiger partial charge in [0.1, 0.15) is 5.82 Å². The van der Waals surface area contributed by atoms with Gasteiger partial charge in [-0.25, -0.2) is 4.98 Å². The fourth-order valence-corrected chi connectivity index (χ4v) is 3.93. The monoisotopic (exact) mass is 457 g/mol. The van der Waals surface area contributed by atoms with Gasteiger partial charge in [-0.3, -0.25) is 4.79 Å². The van der Waals surface area contributed by atoms with Gasteiger partial charge in [0.2, 0.25) is 0 Å². The number of aromatic nitrogens is 2. The molecule has 1 aliphatic rings. The lowest BCUT2D eigenvalue weighted by Crippen LogP contribution is -2.37. The van der Waals surface area contributed by atoms with E-state index in [0.29, 0.717) is 31.1 Å².